The van der Waals surface area contributed by atoms with E-state index < -0.39 is 0 Å². The smallest absolute Gasteiger partial charge is 0.227 e. The van der Waals surface area contributed by atoms with Crippen LogP contribution in [0.4, 0.5) is 5.69 Å². The second-order valence-electron chi connectivity index (χ2n) is 5.94. The van der Waals surface area contributed by atoms with Crippen molar-refractivity contribution in [3.05, 3.63) is 42.2 Å². The van der Waals surface area contributed by atoms with Crippen molar-refractivity contribution in [3.63, 3.8) is 0 Å². The summed E-state index contributed by atoms with van der Waals surface area (Å²) in [5.74, 6) is 0.404. The molecule has 5 heteroatoms. The lowest BCUT2D eigenvalue weighted by Crippen LogP contribution is -2.30. The van der Waals surface area contributed by atoms with Gasteiger partial charge in [-0.05, 0) is 50.4 Å². The highest BCUT2D eigenvalue weighted by molar-refractivity contribution is 5.94. The molecule has 0 spiro atoms. The van der Waals surface area contributed by atoms with Crippen LogP contribution in [0.1, 0.15) is 25.0 Å². The van der Waals surface area contributed by atoms with Crippen LogP contribution in [0.2, 0.25) is 0 Å². The molecule has 0 radical (unpaired) electrons. The number of anilines is 1. The van der Waals surface area contributed by atoms with E-state index in [0.29, 0.717) is 12.5 Å². The Balaban J connectivity index is 1.82. The number of hydrogen-bond acceptors (Lipinski definition) is 3. The van der Waals surface area contributed by atoms with Crippen LogP contribution in [0.5, 0.6) is 0 Å². The Kier molecular flexibility index (Phi) is 4.24. The second kappa shape index (κ2) is 6.32. The number of nitrogens with one attached hydrogen (secondary N) is 1. The Morgan fingerprint density at radius 3 is 2.91 bits per heavy atom. The molecule has 1 aromatic carbocycles. The second-order valence-corrected chi connectivity index (χ2v) is 5.94. The van der Waals surface area contributed by atoms with Gasteiger partial charge in [0.2, 0.25) is 5.91 Å². The van der Waals surface area contributed by atoms with Crippen molar-refractivity contribution in [3.8, 4) is 5.69 Å². The Morgan fingerprint density at radius 2 is 2.18 bits per heavy atom. The minimum atomic E-state index is 0.0254. The first-order chi connectivity index (χ1) is 10.7. The van der Waals surface area contributed by atoms with Gasteiger partial charge in [0.05, 0.1) is 17.1 Å². The molecule has 0 saturated heterocycles. The Morgan fingerprint density at radius 1 is 1.36 bits per heavy atom. The number of rotatable bonds is 4. The van der Waals surface area contributed by atoms with Crippen molar-refractivity contribution in [2.45, 2.75) is 26.2 Å². The van der Waals surface area contributed by atoms with Gasteiger partial charge in [0.1, 0.15) is 0 Å². The first-order valence-corrected chi connectivity index (χ1v) is 7.81. The maximum absolute atomic E-state index is 12.6. The standard InChI is InChI=1S/C17H22N4O/c1-12-9-10-21(20-12)16-8-3-2-7-15(16)19-17(22)14-6-4-5-13(14)11-18/h2-3,7-10,13-14H,4-6,11,18H2,1H3,(H,19,22)/t13-,14-/m1/s1. The third-order valence-corrected chi connectivity index (χ3v) is 4.43. The summed E-state index contributed by atoms with van der Waals surface area (Å²) in [6.45, 7) is 2.53. The first kappa shape index (κ1) is 14.8. The highest BCUT2D eigenvalue weighted by Gasteiger charge is 2.32. The summed E-state index contributed by atoms with van der Waals surface area (Å²) in [5.41, 5.74) is 8.40. The molecule has 1 heterocycles. The summed E-state index contributed by atoms with van der Waals surface area (Å²) < 4.78 is 1.79. The van der Waals surface area contributed by atoms with Crippen LogP contribution >= 0.6 is 0 Å². The minimum Gasteiger partial charge on any atom is -0.330 e. The number of aromatic nitrogens is 2. The summed E-state index contributed by atoms with van der Waals surface area (Å²) in [4.78, 5) is 12.6. The number of carbonyl (C=O) groups excluding carboxylic acids is 1. The van der Waals surface area contributed by atoms with Gasteiger partial charge in [-0.15, -0.1) is 0 Å². The van der Waals surface area contributed by atoms with Gasteiger partial charge in [-0.2, -0.15) is 5.10 Å². The lowest BCUT2D eigenvalue weighted by molar-refractivity contribution is -0.120. The SMILES string of the molecule is Cc1ccn(-c2ccccc2NC(=O)[C@@H]2CCC[C@@H]2CN)n1. The molecular formula is C17H22N4O. The van der Waals surface area contributed by atoms with Crippen molar-refractivity contribution in [1.29, 1.82) is 0 Å². The first-order valence-electron chi connectivity index (χ1n) is 7.81. The van der Waals surface area contributed by atoms with Crippen LogP contribution in [0.15, 0.2) is 36.5 Å². The molecule has 2 atom stereocenters. The Hall–Kier alpha value is -2.14. The van der Waals surface area contributed by atoms with Gasteiger partial charge in [0, 0.05) is 12.1 Å². The maximum atomic E-state index is 12.6. The molecule has 0 unspecified atom stereocenters. The summed E-state index contributed by atoms with van der Waals surface area (Å²) >= 11 is 0. The van der Waals surface area contributed by atoms with E-state index in [-0.39, 0.29) is 11.8 Å². The molecule has 1 aliphatic carbocycles. The summed E-state index contributed by atoms with van der Waals surface area (Å²) in [5, 5.41) is 7.49. The van der Waals surface area contributed by atoms with E-state index in [9.17, 15) is 4.79 Å². The molecule has 3 rings (SSSR count). The molecule has 1 aliphatic rings. The van der Waals surface area contributed by atoms with Crippen LogP contribution in [0.3, 0.4) is 0 Å². The van der Waals surface area contributed by atoms with Crippen molar-refractivity contribution in [1.82, 2.24) is 9.78 Å². The molecule has 1 fully saturated rings. The van der Waals surface area contributed by atoms with Crippen LogP contribution in [0, 0.1) is 18.8 Å². The van der Waals surface area contributed by atoms with E-state index in [1.165, 1.54) is 0 Å². The lowest BCUT2D eigenvalue weighted by Gasteiger charge is -2.18. The molecule has 1 aromatic heterocycles. The number of hydrogen-bond donors (Lipinski definition) is 2. The fourth-order valence-electron chi connectivity index (χ4n) is 3.22. The van der Waals surface area contributed by atoms with Gasteiger partial charge < -0.3 is 11.1 Å². The van der Waals surface area contributed by atoms with Crippen molar-refractivity contribution < 1.29 is 4.79 Å². The predicted molar refractivity (Wildman–Crippen MR) is 86.8 cm³/mol. The highest BCUT2D eigenvalue weighted by Crippen LogP contribution is 2.32. The molecule has 0 bridgehead atoms. The Bertz CT molecular complexity index is 664. The number of aryl methyl sites for hydroxylation is 1. The van der Waals surface area contributed by atoms with Crippen molar-refractivity contribution >= 4 is 11.6 Å². The van der Waals surface area contributed by atoms with E-state index in [1.54, 1.807) is 4.68 Å². The van der Waals surface area contributed by atoms with Gasteiger partial charge in [-0.3, -0.25) is 4.79 Å². The fourth-order valence-corrected chi connectivity index (χ4v) is 3.22. The van der Waals surface area contributed by atoms with Crippen LogP contribution in [0.25, 0.3) is 5.69 Å². The highest BCUT2D eigenvalue weighted by atomic mass is 16.1. The monoisotopic (exact) mass is 298 g/mol. The zero-order valence-electron chi connectivity index (χ0n) is 12.8. The molecule has 2 aromatic rings. The van der Waals surface area contributed by atoms with Crippen LogP contribution in [-0.2, 0) is 4.79 Å². The summed E-state index contributed by atoms with van der Waals surface area (Å²) in [7, 11) is 0. The molecule has 3 N–H and O–H groups in total. The van der Waals surface area contributed by atoms with Crippen molar-refractivity contribution in [2.24, 2.45) is 17.6 Å². The van der Waals surface area contributed by atoms with Gasteiger partial charge in [0.15, 0.2) is 0 Å². The van der Waals surface area contributed by atoms with E-state index in [2.05, 4.69) is 10.4 Å². The van der Waals surface area contributed by atoms with Gasteiger partial charge in [0.25, 0.3) is 0 Å². The van der Waals surface area contributed by atoms with Crippen molar-refractivity contribution in [2.75, 3.05) is 11.9 Å². The molecular weight excluding hydrogens is 276 g/mol. The summed E-state index contributed by atoms with van der Waals surface area (Å²) in [6.07, 6.45) is 4.96. The number of benzene rings is 1. The molecule has 0 aliphatic heterocycles. The number of carbonyl (C=O) groups is 1. The normalized spacial score (nSPS) is 21.0. The minimum absolute atomic E-state index is 0.0254. The van der Waals surface area contributed by atoms with Crippen LogP contribution < -0.4 is 11.1 Å². The van der Waals surface area contributed by atoms with E-state index in [0.717, 1.165) is 36.3 Å². The molecule has 5 nitrogen and oxygen atoms in total. The lowest BCUT2D eigenvalue weighted by atomic mass is 9.95. The zero-order chi connectivity index (χ0) is 15.5. The Labute approximate surface area is 130 Å². The number of para-hydroxylation sites is 2. The third-order valence-electron chi connectivity index (χ3n) is 4.43. The number of nitrogens with zero attached hydrogens (tertiary/aromatic N) is 2. The van der Waals surface area contributed by atoms with Gasteiger partial charge in [-0.1, -0.05) is 18.6 Å². The largest absolute Gasteiger partial charge is 0.330 e. The van der Waals surface area contributed by atoms with E-state index in [4.69, 9.17) is 5.73 Å². The topological polar surface area (TPSA) is 72.9 Å². The fraction of sp³-hybridized carbons (Fsp3) is 0.412. The van der Waals surface area contributed by atoms with E-state index in [1.807, 2.05) is 43.5 Å². The number of amides is 1. The van der Waals surface area contributed by atoms with E-state index >= 15 is 0 Å². The molecule has 116 valence electrons. The zero-order valence-corrected chi connectivity index (χ0v) is 12.8. The maximum Gasteiger partial charge on any atom is 0.227 e. The third kappa shape index (κ3) is 2.90. The molecule has 1 amide bonds. The van der Waals surface area contributed by atoms with Gasteiger partial charge >= 0.3 is 0 Å². The predicted octanol–water partition coefficient (Wildman–Crippen LogP) is 2.49. The number of nitrogens with two attached hydrogens (primary N) is 1. The van der Waals surface area contributed by atoms with Crippen LogP contribution in [-0.4, -0.2) is 22.2 Å². The van der Waals surface area contributed by atoms with Gasteiger partial charge in [-0.25, -0.2) is 4.68 Å². The molecule has 1 saturated carbocycles. The molecule has 22 heavy (non-hydrogen) atoms. The average molecular weight is 298 g/mol. The average Bonchev–Trinajstić information content (AvgIpc) is 3.16. The quantitative estimate of drug-likeness (QED) is 0.911. The summed E-state index contributed by atoms with van der Waals surface area (Å²) in [6, 6.07) is 9.68.